The van der Waals surface area contributed by atoms with Crippen LogP contribution in [0.3, 0.4) is 0 Å². The molecular formula is C60H100N20O19. The first-order valence-corrected chi connectivity index (χ1v) is 32.1. The monoisotopic (exact) mass is 1400 g/mol. The standard InChI is InChI=1S/C60H100N20O19/c1-29(2)23-34(61)48(88)78-42(27-82)57(97)80-22-8-11-44(80)56(96)74-38(17-19-46(63)86)52(92)71-35(9-6-20-68-59(64)65)49(89)70-31(5)47(87)77-41(26-81)55(95)73-37(16-18-45(62)85)51(91)72-36(10-7-21-69-60(66)67)50(90)75-39(24-30(3)4)53(93)76-40(25-32-12-14-33(84)15-13-32)54(94)79-43(28-83)58(98)99/h12-15,29-31,34-44,81-84H,6-11,16-28,61H2,1-5H3,(H2,62,85)(H2,63,86)(H,70,89)(H,71,92)(H,72,91)(H,73,95)(H,74,96)(H,75,90)(H,76,93)(H,77,87)(H,78,88)(H,79,94)(H,98,99)(H4,64,65,68)(H4,66,67,69)/t31-,34-,35-,36-,37-,38-,39-,40-,41-,42-,43-,44-/m0/s1. The Morgan fingerprint density at radius 1 is 0.485 bits per heavy atom. The molecule has 0 aromatic heterocycles. The second kappa shape index (κ2) is 43.3. The van der Waals surface area contributed by atoms with E-state index < -0.39 is 201 Å². The molecule has 2 rings (SSSR count). The predicted molar refractivity (Wildman–Crippen MR) is 354 cm³/mol. The third kappa shape index (κ3) is 31.4. The molecular weight excluding hydrogens is 1300 g/mol. The lowest BCUT2D eigenvalue weighted by Crippen LogP contribution is -2.61. The number of hydrogen-bond donors (Lipinski definition) is 22. The highest BCUT2D eigenvalue weighted by molar-refractivity contribution is 6.00. The Kier molecular flexibility index (Phi) is 37.2. The molecule has 0 saturated carbocycles. The number of nitrogens with zero attached hydrogens (tertiary/aromatic N) is 3. The summed E-state index contributed by atoms with van der Waals surface area (Å²) in [6.45, 7) is 5.01. The summed E-state index contributed by atoms with van der Waals surface area (Å²) in [5, 5.41) is 73.5. The van der Waals surface area contributed by atoms with Crippen LogP contribution in [0.1, 0.15) is 117 Å². The molecule has 29 N–H and O–H groups in total. The highest BCUT2D eigenvalue weighted by Gasteiger charge is 2.41. The summed E-state index contributed by atoms with van der Waals surface area (Å²) in [4.78, 5) is 197. The number of guanidine groups is 2. The van der Waals surface area contributed by atoms with Crippen LogP contribution < -0.4 is 93.3 Å². The lowest BCUT2D eigenvalue weighted by Gasteiger charge is -2.30. The maximum Gasteiger partial charge on any atom is 0.328 e. The number of aliphatic hydroxyl groups is 3. The molecule has 0 spiro atoms. The Balaban J connectivity index is 2.43. The zero-order valence-electron chi connectivity index (χ0n) is 56.2. The molecule has 0 unspecified atom stereocenters. The largest absolute Gasteiger partial charge is 0.508 e. The fourth-order valence-electron chi connectivity index (χ4n) is 9.98. The number of aliphatic hydroxyl groups excluding tert-OH is 3. The van der Waals surface area contributed by atoms with E-state index in [4.69, 9.17) is 40.1 Å². The van der Waals surface area contributed by atoms with Crippen LogP contribution in [0.5, 0.6) is 5.75 Å². The molecule has 554 valence electrons. The summed E-state index contributed by atoms with van der Waals surface area (Å²) in [6, 6.07) is -13.1. The number of carbonyl (C=O) groups excluding carboxylic acids is 13. The number of phenolic OH excluding ortho intramolecular Hbond substituents is 1. The molecule has 0 bridgehead atoms. The zero-order valence-corrected chi connectivity index (χ0v) is 56.2. The minimum absolute atomic E-state index is 0.00752. The summed E-state index contributed by atoms with van der Waals surface area (Å²) in [6.07, 6.45) is -2.24. The van der Waals surface area contributed by atoms with Crippen LogP contribution in [0.25, 0.3) is 0 Å². The Morgan fingerprint density at radius 3 is 1.33 bits per heavy atom. The van der Waals surface area contributed by atoms with Gasteiger partial charge in [0, 0.05) is 38.9 Å². The van der Waals surface area contributed by atoms with Crippen LogP contribution in [0.4, 0.5) is 0 Å². The van der Waals surface area contributed by atoms with E-state index in [1.807, 2.05) is 13.8 Å². The van der Waals surface area contributed by atoms with E-state index in [1.165, 1.54) is 24.3 Å². The second-order valence-corrected chi connectivity index (χ2v) is 24.5. The SMILES string of the molecule is CC(C)C[C@H](NC(=O)[C@H](CCCN=C(N)N)NC(=O)[C@H](CCC(N)=O)NC(=O)[C@H](CO)NC(=O)[C@H](C)NC(=O)[C@H](CCCN=C(N)N)NC(=O)[C@H](CCC(N)=O)NC(=O)[C@@H]1CCCN1C(=O)[C@H](CO)NC(=O)[C@@H](N)CC(C)C)C(=O)N[C@@H](Cc1ccc(O)cc1)C(=O)N[C@@H](CO)C(=O)O. The molecule has 1 fully saturated rings. The molecule has 1 saturated heterocycles. The van der Waals surface area contributed by atoms with Crippen molar-refractivity contribution in [3.05, 3.63) is 29.8 Å². The van der Waals surface area contributed by atoms with Gasteiger partial charge in [0.05, 0.1) is 25.9 Å². The van der Waals surface area contributed by atoms with Crippen LogP contribution >= 0.6 is 0 Å². The van der Waals surface area contributed by atoms with Gasteiger partial charge in [-0.2, -0.15) is 0 Å². The molecule has 1 aromatic rings. The highest BCUT2D eigenvalue weighted by Crippen LogP contribution is 2.20. The normalized spacial score (nSPS) is 15.9. The summed E-state index contributed by atoms with van der Waals surface area (Å²) in [7, 11) is 0. The molecule has 1 aromatic carbocycles. The Hall–Kier alpha value is -10.0. The fraction of sp³-hybridized carbons (Fsp3) is 0.633. The van der Waals surface area contributed by atoms with Crippen LogP contribution in [-0.2, 0) is 73.5 Å². The molecule has 39 nitrogen and oxygen atoms in total. The van der Waals surface area contributed by atoms with Gasteiger partial charge < -0.3 is 124 Å². The molecule has 1 aliphatic rings. The third-order valence-electron chi connectivity index (χ3n) is 15.2. The number of phenols is 1. The average molecular weight is 1410 g/mol. The van der Waals surface area contributed by atoms with E-state index in [-0.39, 0.29) is 107 Å². The van der Waals surface area contributed by atoms with Crippen molar-refractivity contribution in [3.8, 4) is 5.75 Å². The van der Waals surface area contributed by atoms with Crippen molar-refractivity contribution in [1.82, 2.24) is 58.1 Å². The van der Waals surface area contributed by atoms with Gasteiger partial charge in [0.15, 0.2) is 11.9 Å². The number of carboxylic acid groups (broad SMARTS) is 1. The first-order chi connectivity index (χ1) is 46.5. The molecule has 39 heteroatoms. The number of rotatable bonds is 45. The Bertz CT molecular complexity index is 3000. The van der Waals surface area contributed by atoms with Crippen LogP contribution in [0.15, 0.2) is 34.3 Å². The van der Waals surface area contributed by atoms with Crippen molar-refractivity contribution >= 4 is 94.7 Å². The van der Waals surface area contributed by atoms with E-state index in [9.17, 15) is 92.7 Å². The van der Waals surface area contributed by atoms with E-state index in [0.29, 0.717) is 5.56 Å². The maximum atomic E-state index is 14.3. The van der Waals surface area contributed by atoms with Crippen molar-refractivity contribution in [1.29, 1.82) is 0 Å². The van der Waals surface area contributed by atoms with Crippen molar-refractivity contribution in [2.24, 2.45) is 62.0 Å². The molecule has 1 aliphatic heterocycles. The van der Waals surface area contributed by atoms with Gasteiger partial charge >= 0.3 is 5.97 Å². The van der Waals surface area contributed by atoms with Gasteiger partial charge in [0.25, 0.3) is 0 Å². The Labute approximate surface area is 571 Å². The highest BCUT2D eigenvalue weighted by atomic mass is 16.4. The number of likely N-dealkylation sites (tertiary alicyclic amines) is 1. The minimum Gasteiger partial charge on any atom is -0.508 e. The summed E-state index contributed by atoms with van der Waals surface area (Å²) in [5.41, 5.74) is 39.2. The van der Waals surface area contributed by atoms with Crippen LogP contribution in [0, 0.1) is 11.8 Å². The van der Waals surface area contributed by atoms with Gasteiger partial charge in [-0.1, -0.05) is 39.8 Å². The number of hydrogen-bond acceptors (Lipinski definition) is 21. The molecule has 0 aliphatic carbocycles. The van der Waals surface area contributed by atoms with Gasteiger partial charge in [0.1, 0.15) is 72.2 Å². The predicted octanol–water partition coefficient (Wildman–Crippen LogP) is -9.09. The number of nitrogens with one attached hydrogen (secondary N) is 10. The van der Waals surface area contributed by atoms with Gasteiger partial charge in [-0.25, -0.2) is 4.79 Å². The number of nitrogens with two attached hydrogens (primary N) is 7. The molecule has 12 atom stereocenters. The van der Waals surface area contributed by atoms with Gasteiger partial charge in [0.2, 0.25) is 76.8 Å². The van der Waals surface area contributed by atoms with E-state index >= 15 is 0 Å². The van der Waals surface area contributed by atoms with Gasteiger partial charge in [-0.05, 0) is 101 Å². The number of benzene rings is 1. The average Bonchev–Trinajstić information content (AvgIpc) is 1.77. The summed E-state index contributed by atoms with van der Waals surface area (Å²) >= 11 is 0. The molecule has 0 radical (unpaired) electrons. The molecule has 1 heterocycles. The number of primary amides is 2. The summed E-state index contributed by atoms with van der Waals surface area (Å²) < 4.78 is 0. The maximum absolute atomic E-state index is 14.3. The second-order valence-electron chi connectivity index (χ2n) is 24.5. The molecule has 13 amide bonds. The number of amides is 13. The van der Waals surface area contributed by atoms with Gasteiger partial charge in [-0.3, -0.25) is 72.3 Å². The lowest BCUT2D eigenvalue weighted by atomic mass is 10.00. The number of aliphatic carboxylic acids is 1. The zero-order chi connectivity index (χ0) is 74.8. The number of aliphatic imine (C=N–C) groups is 2. The van der Waals surface area contributed by atoms with Crippen LogP contribution in [0.2, 0.25) is 0 Å². The van der Waals surface area contributed by atoms with E-state index in [2.05, 4.69) is 63.2 Å². The Morgan fingerprint density at radius 2 is 0.879 bits per heavy atom. The third-order valence-corrected chi connectivity index (χ3v) is 15.2. The molecule has 99 heavy (non-hydrogen) atoms. The smallest absolute Gasteiger partial charge is 0.328 e. The topological polar surface area (TPSA) is 671 Å². The number of aromatic hydroxyl groups is 1. The van der Waals surface area contributed by atoms with Crippen molar-refractivity contribution in [2.45, 2.75) is 191 Å². The quantitative estimate of drug-likeness (QED) is 0.0164. The lowest BCUT2D eigenvalue weighted by molar-refractivity contribution is -0.143. The van der Waals surface area contributed by atoms with E-state index in [0.717, 1.165) is 11.8 Å². The van der Waals surface area contributed by atoms with Crippen molar-refractivity contribution in [3.63, 3.8) is 0 Å². The number of carboxylic acids is 1. The first kappa shape index (κ1) is 85.1. The summed E-state index contributed by atoms with van der Waals surface area (Å²) in [5.74, 6) is -15.6. The van der Waals surface area contributed by atoms with Crippen LogP contribution in [-0.4, -0.2) is 237 Å². The number of carbonyl (C=O) groups is 14. The van der Waals surface area contributed by atoms with Crippen molar-refractivity contribution in [2.75, 3.05) is 39.5 Å². The van der Waals surface area contributed by atoms with Crippen molar-refractivity contribution < 1.29 is 92.7 Å². The van der Waals surface area contributed by atoms with E-state index in [1.54, 1.807) is 13.8 Å². The van der Waals surface area contributed by atoms with Gasteiger partial charge in [-0.15, -0.1) is 0 Å². The first-order valence-electron chi connectivity index (χ1n) is 32.1. The minimum atomic E-state index is -1.91. The fourth-order valence-corrected chi connectivity index (χ4v) is 9.98.